The second kappa shape index (κ2) is 8.03. The molecular weight excluding hydrogens is 216 g/mol. The van der Waals surface area contributed by atoms with E-state index in [0.717, 1.165) is 25.0 Å². The van der Waals surface area contributed by atoms with Gasteiger partial charge in [-0.15, -0.1) is 0 Å². The van der Waals surface area contributed by atoms with Crippen molar-refractivity contribution >= 4 is 0 Å². The van der Waals surface area contributed by atoms with Gasteiger partial charge in [0.05, 0.1) is 6.61 Å². The fourth-order valence-electron chi connectivity index (χ4n) is 1.42. The summed E-state index contributed by atoms with van der Waals surface area (Å²) in [5, 5.41) is 0. The van der Waals surface area contributed by atoms with Crippen molar-refractivity contribution in [1.82, 2.24) is 4.98 Å². The smallest absolute Gasteiger partial charge is 0.218 e. The predicted molar refractivity (Wildman–Crippen MR) is 68.1 cm³/mol. The van der Waals surface area contributed by atoms with Crippen LogP contribution in [0.4, 0.5) is 0 Å². The summed E-state index contributed by atoms with van der Waals surface area (Å²) in [5.41, 5.74) is 6.76. The van der Waals surface area contributed by atoms with Crippen molar-refractivity contribution in [2.45, 2.75) is 32.7 Å². The zero-order valence-electron chi connectivity index (χ0n) is 10.7. The van der Waals surface area contributed by atoms with Crippen LogP contribution in [0.25, 0.3) is 0 Å². The number of unbranched alkanes of at least 4 members (excludes halogenated alkanes) is 1. The van der Waals surface area contributed by atoms with Crippen LogP contribution in [0.3, 0.4) is 0 Å². The van der Waals surface area contributed by atoms with E-state index in [1.165, 1.54) is 0 Å². The molecule has 1 rings (SSSR count). The van der Waals surface area contributed by atoms with Crippen molar-refractivity contribution in [1.29, 1.82) is 0 Å². The lowest BCUT2D eigenvalue weighted by Crippen LogP contribution is -2.12. The van der Waals surface area contributed by atoms with Crippen LogP contribution in [0.1, 0.15) is 38.3 Å². The Balaban J connectivity index is 2.31. The van der Waals surface area contributed by atoms with Gasteiger partial charge in [0.25, 0.3) is 0 Å². The molecule has 1 aromatic heterocycles. The number of aromatic nitrogens is 1. The highest BCUT2D eigenvalue weighted by molar-refractivity contribution is 5.27. The van der Waals surface area contributed by atoms with Crippen LogP contribution in [0, 0.1) is 0 Å². The lowest BCUT2D eigenvalue weighted by atomic mass is 10.1. The van der Waals surface area contributed by atoms with E-state index in [2.05, 4.69) is 11.9 Å². The van der Waals surface area contributed by atoms with Crippen LogP contribution in [0.2, 0.25) is 0 Å². The van der Waals surface area contributed by atoms with E-state index in [9.17, 15) is 0 Å². The summed E-state index contributed by atoms with van der Waals surface area (Å²) in [6.45, 7) is 5.96. The third-order valence-electron chi connectivity index (χ3n) is 2.40. The number of hydrogen-bond acceptors (Lipinski definition) is 4. The number of pyridine rings is 1. The number of ether oxygens (including phenoxy) is 2. The van der Waals surface area contributed by atoms with Gasteiger partial charge in [-0.25, -0.2) is 4.98 Å². The van der Waals surface area contributed by atoms with Crippen molar-refractivity contribution in [3.8, 4) is 5.88 Å². The molecule has 1 aromatic rings. The molecule has 2 N–H and O–H groups in total. The first kappa shape index (κ1) is 13.9. The van der Waals surface area contributed by atoms with Crippen molar-refractivity contribution in [2.75, 3.05) is 19.8 Å². The summed E-state index contributed by atoms with van der Waals surface area (Å²) in [4.78, 5) is 4.18. The van der Waals surface area contributed by atoms with Gasteiger partial charge in [-0.05, 0) is 19.4 Å². The Morgan fingerprint density at radius 3 is 2.88 bits per heavy atom. The molecule has 0 amide bonds. The lowest BCUT2D eigenvalue weighted by Gasteiger charge is -2.12. The van der Waals surface area contributed by atoms with Crippen LogP contribution in [0.15, 0.2) is 18.3 Å². The third-order valence-corrected chi connectivity index (χ3v) is 2.40. The Kier molecular flexibility index (Phi) is 6.58. The maximum absolute atomic E-state index is 5.83. The highest BCUT2D eigenvalue weighted by Gasteiger charge is 2.08. The largest absolute Gasteiger partial charge is 0.475 e. The third kappa shape index (κ3) is 5.15. The van der Waals surface area contributed by atoms with Crippen LogP contribution >= 0.6 is 0 Å². The van der Waals surface area contributed by atoms with Gasteiger partial charge in [0.1, 0.15) is 6.61 Å². The minimum Gasteiger partial charge on any atom is -0.475 e. The zero-order valence-corrected chi connectivity index (χ0v) is 10.7. The van der Waals surface area contributed by atoms with Crippen molar-refractivity contribution in [2.24, 2.45) is 5.73 Å². The minimum atomic E-state index is -0.0697. The van der Waals surface area contributed by atoms with Crippen molar-refractivity contribution in [3.05, 3.63) is 23.9 Å². The quantitative estimate of drug-likeness (QED) is 0.706. The fourth-order valence-corrected chi connectivity index (χ4v) is 1.42. The topological polar surface area (TPSA) is 57.4 Å². The van der Waals surface area contributed by atoms with Crippen LogP contribution in [0.5, 0.6) is 5.88 Å². The molecule has 0 aliphatic rings. The number of hydrogen-bond donors (Lipinski definition) is 1. The van der Waals surface area contributed by atoms with E-state index in [0.29, 0.717) is 19.1 Å². The maximum Gasteiger partial charge on any atom is 0.218 e. The second-order valence-corrected chi connectivity index (χ2v) is 4.00. The summed E-state index contributed by atoms with van der Waals surface area (Å²) < 4.78 is 11.0. The first-order chi connectivity index (χ1) is 8.25. The number of nitrogens with two attached hydrogens (primary N) is 1. The molecule has 0 unspecified atom stereocenters. The van der Waals surface area contributed by atoms with Crippen molar-refractivity contribution in [3.63, 3.8) is 0 Å². The van der Waals surface area contributed by atoms with Gasteiger partial charge >= 0.3 is 0 Å². The summed E-state index contributed by atoms with van der Waals surface area (Å²) in [5.74, 6) is 0.613. The van der Waals surface area contributed by atoms with Gasteiger partial charge in [0.15, 0.2) is 0 Å². The Morgan fingerprint density at radius 2 is 2.18 bits per heavy atom. The SMILES string of the molecule is CCCCOCCOc1ncccc1[C@H](C)N. The average molecular weight is 238 g/mol. The lowest BCUT2D eigenvalue weighted by molar-refractivity contribution is 0.0960. The van der Waals surface area contributed by atoms with Crippen molar-refractivity contribution < 1.29 is 9.47 Å². The molecule has 96 valence electrons. The molecule has 1 atom stereocenters. The van der Waals surface area contributed by atoms with Gasteiger partial charge in [0, 0.05) is 24.4 Å². The molecule has 0 fully saturated rings. The highest BCUT2D eigenvalue weighted by atomic mass is 16.5. The van der Waals surface area contributed by atoms with Gasteiger partial charge in [0.2, 0.25) is 5.88 Å². The van der Waals surface area contributed by atoms with E-state index in [1.54, 1.807) is 6.20 Å². The molecule has 4 nitrogen and oxygen atoms in total. The van der Waals surface area contributed by atoms with Gasteiger partial charge in [-0.3, -0.25) is 0 Å². The first-order valence-corrected chi connectivity index (χ1v) is 6.16. The molecule has 0 bridgehead atoms. The summed E-state index contributed by atoms with van der Waals surface area (Å²) in [7, 11) is 0. The molecule has 0 aliphatic carbocycles. The predicted octanol–water partition coefficient (Wildman–Crippen LogP) is 2.30. The molecule has 0 saturated heterocycles. The molecule has 0 aromatic carbocycles. The number of nitrogens with zero attached hydrogens (tertiary/aromatic N) is 1. The van der Waals surface area contributed by atoms with E-state index in [-0.39, 0.29) is 6.04 Å². The summed E-state index contributed by atoms with van der Waals surface area (Å²) >= 11 is 0. The Bertz CT molecular complexity index is 316. The average Bonchev–Trinajstić information content (AvgIpc) is 2.34. The molecule has 0 saturated carbocycles. The van der Waals surface area contributed by atoms with Gasteiger partial charge in [-0.1, -0.05) is 19.4 Å². The van der Waals surface area contributed by atoms with E-state index in [1.807, 2.05) is 19.1 Å². The monoisotopic (exact) mass is 238 g/mol. The van der Waals surface area contributed by atoms with E-state index >= 15 is 0 Å². The first-order valence-electron chi connectivity index (χ1n) is 6.16. The molecule has 1 heterocycles. The standard InChI is InChI=1S/C13H22N2O2/c1-3-4-8-16-9-10-17-13-12(11(2)14)6-5-7-15-13/h5-7,11H,3-4,8-10,14H2,1-2H3/t11-/m0/s1. The maximum atomic E-state index is 5.83. The Labute approximate surface area is 103 Å². The highest BCUT2D eigenvalue weighted by Crippen LogP contribution is 2.19. The molecule has 0 spiro atoms. The molecule has 0 aliphatic heterocycles. The second-order valence-electron chi connectivity index (χ2n) is 4.00. The summed E-state index contributed by atoms with van der Waals surface area (Å²) in [6.07, 6.45) is 3.95. The zero-order chi connectivity index (χ0) is 12.5. The summed E-state index contributed by atoms with van der Waals surface area (Å²) in [6, 6.07) is 3.73. The Morgan fingerprint density at radius 1 is 1.35 bits per heavy atom. The van der Waals surface area contributed by atoms with Crippen LogP contribution < -0.4 is 10.5 Å². The molecule has 4 heteroatoms. The van der Waals surface area contributed by atoms with E-state index in [4.69, 9.17) is 15.2 Å². The minimum absolute atomic E-state index is 0.0697. The van der Waals surface area contributed by atoms with Crippen LogP contribution in [-0.2, 0) is 4.74 Å². The normalized spacial score (nSPS) is 12.4. The fraction of sp³-hybridized carbons (Fsp3) is 0.615. The molecule has 0 radical (unpaired) electrons. The van der Waals surface area contributed by atoms with Crippen LogP contribution in [-0.4, -0.2) is 24.8 Å². The number of rotatable bonds is 8. The Hall–Kier alpha value is -1.13. The van der Waals surface area contributed by atoms with E-state index < -0.39 is 0 Å². The molecule has 17 heavy (non-hydrogen) atoms. The molecular formula is C13H22N2O2. The van der Waals surface area contributed by atoms with Gasteiger partial charge < -0.3 is 15.2 Å². The van der Waals surface area contributed by atoms with Gasteiger partial charge in [-0.2, -0.15) is 0 Å².